The van der Waals surface area contributed by atoms with Crippen molar-refractivity contribution in [1.29, 1.82) is 0 Å². The van der Waals surface area contributed by atoms with Crippen molar-refractivity contribution in [1.82, 2.24) is 0 Å². The monoisotopic (exact) mass is 991 g/mol. The lowest BCUT2D eigenvalue weighted by atomic mass is 10.0. The van der Waals surface area contributed by atoms with E-state index in [9.17, 15) is 14.4 Å². The molecule has 0 saturated carbocycles. The second-order valence-electron chi connectivity index (χ2n) is 20.2. The molecule has 0 saturated heterocycles. The third-order valence-electron chi connectivity index (χ3n) is 13.2. The van der Waals surface area contributed by atoms with E-state index in [4.69, 9.17) is 14.2 Å². The standard InChI is InChI=1S/C65H114O6/c1-4-7-10-13-16-19-22-25-28-30-32-34-37-40-43-46-49-52-55-58-64(67)70-61-62(60-69-63(66)57-54-51-48-45-42-39-36-27-24-21-18-15-12-9-6-3)71-65(68)59-56-53-50-47-44-41-38-35-33-31-29-26-23-20-17-14-11-8-5-2/h7-8,10-11,16-17,19-20,25-26,28-29,62H,4-6,9,12-15,18,21-24,27,30-61H2,1-3H3/b10-7-,11-8-,19-16-,20-17-,28-25-,29-26-. The minimum Gasteiger partial charge on any atom is -0.462 e. The molecule has 0 aliphatic heterocycles. The molecule has 6 heteroatoms. The van der Waals surface area contributed by atoms with Crippen molar-refractivity contribution in [2.45, 2.75) is 309 Å². The number of hydrogen-bond acceptors (Lipinski definition) is 6. The third kappa shape index (κ3) is 57.6. The Kier molecular flexibility index (Phi) is 56.8. The van der Waals surface area contributed by atoms with Gasteiger partial charge in [-0.25, -0.2) is 0 Å². The van der Waals surface area contributed by atoms with E-state index >= 15 is 0 Å². The molecule has 0 amide bonds. The van der Waals surface area contributed by atoms with Gasteiger partial charge < -0.3 is 14.2 Å². The maximum Gasteiger partial charge on any atom is 0.306 e. The fourth-order valence-electron chi connectivity index (χ4n) is 8.71. The molecule has 0 heterocycles. The Labute approximate surface area is 440 Å². The highest BCUT2D eigenvalue weighted by Gasteiger charge is 2.19. The summed E-state index contributed by atoms with van der Waals surface area (Å²) in [5.41, 5.74) is 0. The zero-order chi connectivity index (χ0) is 51.4. The van der Waals surface area contributed by atoms with Crippen molar-refractivity contribution in [3.63, 3.8) is 0 Å². The van der Waals surface area contributed by atoms with Crippen molar-refractivity contribution >= 4 is 17.9 Å². The van der Waals surface area contributed by atoms with E-state index in [1.54, 1.807) is 0 Å². The highest BCUT2D eigenvalue weighted by atomic mass is 16.6. The lowest BCUT2D eigenvalue weighted by Gasteiger charge is -2.18. The minimum atomic E-state index is -0.780. The van der Waals surface area contributed by atoms with Gasteiger partial charge in [0.2, 0.25) is 0 Å². The van der Waals surface area contributed by atoms with Gasteiger partial charge in [-0.15, -0.1) is 0 Å². The number of hydrogen-bond donors (Lipinski definition) is 0. The summed E-state index contributed by atoms with van der Waals surface area (Å²) in [5, 5.41) is 0. The first-order valence-electron chi connectivity index (χ1n) is 30.4. The van der Waals surface area contributed by atoms with E-state index in [-0.39, 0.29) is 31.1 Å². The zero-order valence-electron chi connectivity index (χ0n) is 47.0. The summed E-state index contributed by atoms with van der Waals surface area (Å²) in [5.74, 6) is -0.873. The topological polar surface area (TPSA) is 78.9 Å². The molecule has 0 aromatic rings. The summed E-state index contributed by atoms with van der Waals surface area (Å²) in [6.07, 6.45) is 76.1. The average molecular weight is 992 g/mol. The Morgan fingerprint density at radius 1 is 0.296 bits per heavy atom. The van der Waals surface area contributed by atoms with Gasteiger partial charge in [0, 0.05) is 19.3 Å². The fourth-order valence-corrected chi connectivity index (χ4v) is 8.71. The van der Waals surface area contributed by atoms with E-state index in [0.29, 0.717) is 19.3 Å². The van der Waals surface area contributed by atoms with E-state index in [1.165, 1.54) is 167 Å². The number of allylic oxidation sites excluding steroid dienone is 12. The van der Waals surface area contributed by atoms with Gasteiger partial charge in [0.1, 0.15) is 13.2 Å². The highest BCUT2D eigenvalue weighted by Crippen LogP contribution is 2.17. The number of carbonyl (C=O) groups excluding carboxylic acids is 3. The smallest absolute Gasteiger partial charge is 0.306 e. The van der Waals surface area contributed by atoms with Crippen LogP contribution in [0.5, 0.6) is 0 Å². The van der Waals surface area contributed by atoms with Crippen LogP contribution < -0.4 is 0 Å². The summed E-state index contributed by atoms with van der Waals surface area (Å²) in [7, 11) is 0. The van der Waals surface area contributed by atoms with Crippen molar-refractivity contribution in [2.24, 2.45) is 0 Å². The number of carbonyl (C=O) groups is 3. The Morgan fingerprint density at radius 3 is 0.859 bits per heavy atom. The molecule has 6 nitrogen and oxygen atoms in total. The number of unbranched alkanes of at least 4 members (excludes halogenated alkanes) is 32. The minimum absolute atomic E-state index is 0.0762. The number of rotatable bonds is 55. The lowest BCUT2D eigenvalue weighted by molar-refractivity contribution is -0.167. The van der Waals surface area contributed by atoms with Crippen LogP contribution in [0.15, 0.2) is 72.9 Å². The summed E-state index contributed by atoms with van der Waals surface area (Å²) < 4.78 is 16.9. The van der Waals surface area contributed by atoms with Crippen LogP contribution in [0.4, 0.5) is 0 Å². The van der Waals surface area contributed by atoms with Crippen LogP contribution in [0.3, 0.4) is 0 Å². The van der Waals surface area contributed by atoms with Crippen LogP contribution >= 0.6 is 0 Å². The van der Waals surface area contributed by atoms with Crippen LogP contribution in [0.2, 0.25) is 0 Å². The first kappa shape index (κ1) is 67.8. The van der Waals surface area contributed by atoms with Gasteiger partial charge in [-0.1, -0.05) is 273 Å². The summed E-state index contributed by atoms with van der Waals surface area (Å²) >= 11 is 0. The van der Waals surface area contributed by atoms with Gasteiger partial charge in [-0.2, -0.15) is 0 Å². The molecule has 0 rings (SSSR count). The Morgan fingerprint density at radius 2 is 0.549 bits per heavy atom. The van der Waals surface area contributed by atoms with Gasteiger partial charge >= 0.3 is 17.9 Å². The van der Waals surface area contributed by atoms with Crippen LogP contribution in [-0.4, -0.2) is 37.2 Å². The molecule has 0 radical (unpaired) electrons. The predicted octanol–water partition coefficient (Wildman–Crippen LogP) is 20.5. The van der Waals surface area contributed by atoms with Gasteiger partial charge in [0.25, 0.3) is 0 Å². The molecule has 0 fully saturated rings. The molecule has 410 valence electrons. The molecule has 1 atom stereocenters. The zero-order valence-corrected chi connectivity index (χ0v) is 47.0. The van der Waals surface area contributed by atoms with E-state index in [2.05, 4.69) is 93.7 Å². The highest BCUT2D eigenvalue weighted by molar-refractivity contribution is 5.71. The molecule has 0 spiro atoms. The van der Waals surface area contributed by atoms with Crippen LogP contribution in [0.25, 0.3) is 0 Å². The average Bonchev–Trinajstić information content (AvgIpc) is 3.37. The molecule has 71 heavy (non-hydrogen) atoms. The summed E-state index contributed by atoms with van der Waals surface area (Å²) in [6.45, 7) is 6.45. The second kappa shape index (κ2) is 59.4. The number of ether oxygens (including phenoxy) is 3. The van der Waals surface area contributed by atoms with Gasteiger partial charge in [-0.05, 0) is 83.5 Å². The van der Waals surface area contributed by atoms with Crippen LogP contribution in [0.1, 0.15) is 303 Å². The molecular formula is C65H114O6. The van der Waals surface area contributed by atoms with Crippen LogP contribution in [-0.2, 0) is 28.6 Å². The summed E-state index contributed by atoms with van der Waals surface area (Å²) in [4.78, 5) is 38.3. The Hall–Kier alpha value is -3.15. The van der Waals surface area contributed by atoms with Gasteiger partial charge in [0.05, 0.1) is 0 Å². The molecule has 0 bridgehead atoms. The molecule has 0 N–H and O–H groups in total. The quantitative estimate of drug-likeness (QED) is 0.0261. The van der Waals surface area contributed by atoms with Gasteiger partial charge in [0.15, 0.2) is 6.10 Å². The SMILES string of the molecule is CC/C=C\C/C=C\C/C=C\CCCCCCCCCCCC(=O)OCC(COC(=O)CCCCCCCCCCCCCCCCC)OC(=O)CCCCCCCCCCC/C=C\C/C=C\C/C=C\CC. The molecule has 0 aliphatic carbocycles. The van der Waals surface area contributed by atoms with E-state index in [1.807, 2.05) is 0 Å². The number of esters is 3. The molecule has 0 aromatic carbocycles. The first-order valence-corrected chi connectivity index (χ1v) is 30.4. The third-order valence-corrected chi connectivity index (χ3v) is 13.2. The molecule has 0 aliphatic rings. The normalized spacial score (nSPS) is 12.5. The molecule has 1 unspecified atom stereocenters. The van der Waals surface area contributed by atoms with Gasteiger partial charge in [-0.3, -0.25) is 14.4 Å². The molecule has 0 aromatic heterocycles. The second-order valence-corrected chi connectivity index (χ2v) is 20.2. The van der Waals surface area contributed by atoms with Crippen molar-refractivity contribution in [3.8, 4) is 0 Å². The predicted molar refractivity (Wildman–Crippen MR) is 307 cm³/mol. The van der Waals surface area contributed by atoms with Crippen molar-refractivity contribution in [2.75, 3.05) is 13.2 Å². The maximum absolute atomic E-state index is 12.9. The molecular weight excluding hydrogens is 877 g/mol. The Balaban J connectivity index is 4.37. The maximum atomic E-state index is 12.9. The lowest BCUT2D eigenvalue weighted by Crippen LogP contribution is -2.30. The summed E-state index contributed by atoms with van der Waals surface area (Å²) in [6, 6.07) is 0. The van der Waals surface area contributed by atoms with E-state index in [0.717, 1.165) is 96.3 Å². The van der Waals surface area contributed by atoms with Crippen molar-refractivity contribution in [3.05, 3.63) is 72.9 Å². The Bertz CT molecular complexity index is 1320. The van der Waals surface area contributed by atoms with Crippen molar-refractivity contribution < 1.29 is 28.6 Å². The van der Waals surface area contributed by atoms with Crippen LogP contribution in [0, 0.1) is 0 Å². The first-order chi connectivity index (χ1) is 35.0. The largest absolute Gasteiger partial charge is 0.462 e. The fraction of sp³-hybridized carbons (Fsp3) is 0.769. The van der Waals surface area contributed by atoms with E-state index < -0.39 is 6.10 Å².